The van der Waals surface area contributed by atoms with Crippen molar-refractivity contribution in [2.45, 2.75) is 19.5 Å². The Morgan fingerprint density at radius 2 is 1.92 bits per heavy atom. The van der Waals surface area contributed by atoms with Gasteiger partial charge < -0.3 is 10.0 Å². The summed E-state index contributed by atoms with van der Waals surface area (Å²) in [6.45, 7) is 4.05. The second-order valence-electron chi connectivity index (χ2n) is 6.28. The van der Waals surface area contributed by atoms with Crippen LogP contribution in [0.4, 0.5) is 0 Å². The van der Waals surface area contributed by atoms with Crippen molar-refractivity contribution >= 4 is 23.5 Å². The number of halogens is 1. The number of hydrogen-bond donors (Lipinski definition) is 1. The van der Waals surface area contributed by atoms with E-state index in [0.717, 1.165) is 30.2 Å². The zero-order valence-corrected chi connectivity index (χ0v) is 15.1. The van der Waals surface area contributed by atoms with Crippen molar-refractivity contribution in [3.8, 4) is 0 Å². The van der Waals surface area contributed by atoms with E-state index in [1.165, 1.54) is 16.9 Å². The third-order valence-corrected chi connectivity index (χ3v) is 4.73. The van der Waals surface area contributed by atoms with Crippen molar-refractivity contribution in [1.29, 1.82) is 0 Å². The Hall–Kier alpha value is -2.38. The lowest BCUT2D eigenvalue weighted by Crippen LogP contribution is -2.48. The van der Waals surface area contributed by atoms with Gasteiger partial charge in [0.15, 0.2) is 0 Å². The number of piperazine rings is 1. The van der Waals surface area contributed by atoms with E-state index in [4.69, 9.17) is 16.7 Å². The number of rotatable bonds is 6. The highest BCUT2D eigenvalue weighted by atomic mass is 35.5. The summed E-state index contributed by atoms with van der Waals surface area (Å²) in [5.74, 6) is -1.01. The summed E-state index contributed by atoms with van der Waals surface area (Å²) < 4.78 is 1.36. The van der Waals surface area contributed by atoms with E-state index < -0.39 is 5.97 Å². The number of carboxylic acid groups (broad SMARTS) is 1. The van der Waals surface area contributed by atoms with Crippen molar-refractivity contribution in [1.82, 2.24) is 19.6 Å². The highest BCUT2D eigenvalue weighted by Gasteiger charge is 2.21. The topological polar surface area (TPSA) is 78.7 Å². The predicted molar refractivity (Wildman–Crippen MR) is 97.1 cm³/mol. The lowest BCUT2D eigenvalue weighted by molar-refractivity contribution is -0.133. The first-order chi connectivity index (χ1) is 12.5. The molecular formula is C18H21ClN4O3. The second-order valence-corrected chi connectivity index (χ2v) is 6.72. The van der Waals surface area contributed by atoms with E-state index in [-0.39, 0.29) is 24.6 Å². The van der Waals surface area contributed by atoms with Gasteiger partial charge in [0.25, 0.3) is 0 Å². The van der Waals surface area contributed by atoms with Crippen LogP contribution in [0.1, 0.15) is 22.5 Å². The number of aromatic carboxylic acids is 1. The van der Waals surface area contributed by atoms with Crippen molar-refractivity contribution in [2.24, 2.45) is 0 Å². The minimum Gasteiger partial charge on any atom is -0.477 e. The molecule has 0 aliphatic carbocycles. The molecule has 7 nitrogen and oxygen atoms in total. The number of carboxylic acids is 1. The Balaban J connectivity index is 1.46. The number of aromatic nitrogens is 2. The van der Waals surface area contributed by atoms with Gasteiger partial charge in [-0.15, -0.1) is 0 Å². The number of hydrogen-bond acceptors (Lipinski definition) is 4. The molecule has 1 amide bonds. The second kappa shape index (κ2) is 8.33. The first kappa shape index (κ1) is 18.4. The van der Waals surface area contributed by atoms with Gasteiger partial charge in [-0.3, -0.25) is 14.4 Å². The van der Waals surface area contributed by atoms with Crippen molar-refractivity contribution in [2.75, 3.05) is 26.2 Å². The molecule has 0 unspecified atom stereocenters. The predicted octanol–water partition coefficient (Wildman–Crippen LogP) is 1.97. The molecule has 1 aromatic heterocycles. The highest BCUT2D eigenvalue weighted by Crippen LogP contribution is 2.14. The maximum Gasteiger partial charge on any atom is 0.354 e. The van der Waals surface area contributed by atoms with Crippen LogP contribution in [0.15, 0.2) is 36.5 Å². The fraction of sp³-hybridized carbons (Fsp3) is 0.389. The molecule has 1 aliphatic rings. The minimum absolute atomic E-state index is 0.0271. The van der Waals surface area contributed by atoms with Crippen LogP contribution in [0.25, 0.3) is 0 Å². The molecule has 1 aromatic carbocycles. The largest absolute Gasteiger partial charge is 0.477 e. The fourth-order valence-electron chi connectivity index (χ4n) is 3.10. The van der Waals surface area contributed by atoms with Gasteiger partial charge in [-0.05, 0) is 23.8 Å². The summed E-state index contributed by atoms with van der Waals surface area (Å²) in [5.41, 5.74) is 1.27. The molecule has 26 heavy (non-hydrogen) atoms. The summed E-state index contributed by atoms with van der Waals surface area (Å²) in [7, 11) is 0. The Bertz CT molecular complexity index is 784. The van der Waals surface area contributed by atoms with Crippen LogP contribution in [0, 0.1) is 0 Å². The van der Waals surface area contributed by atoms with Gasteiger partial charge in [0.05, 0.1) is 6.54 Å². The van der Waals surface area contributed by atoms with Crippen LogP contribution in [0.5, 0.6) is 0 Å². The number of benzene rings is 1. The number of aryl methyl sites for hydroxylation is 1. The van der Waals surface area contributed by atoms with Gasteiger partial charge in [-0.2, -0.15) is 5.10 Å². The summed E-state index contributed by atoms with van der Waals surface area (Å²) in [4.78, 5) is 27.6. The van der Waals surface area contributed by atoms with Crippen molar-refractivity contribution in [3.63, 3.8) is 0 Å². The summed E-state index contributed by atoms with van der Waals surface area (Å²) in [6, 6.07) is 9.24. The van der Waals surface area contributed by atoms with Gasteiger partial charge in [0, 0.05) is 50.4 Å². The normalized spacial score (nSPS) is 15.2. The Labute approximate surface area is 156 Å². The summed E-state index contributed by atoms with van der Waals surface area (Å²) in [5, 5.41) is 13.8. The van der Waals surface area contributed by atoms with Gasteiger partial charge in [0.2, 0.25) is 5.91 Å². The van der Waals surface area contributed by atoms with Crippen molar-refractivity contribution in [3.05, 3.63) is 52.8 Å². The standard InChI is InChI=1S/C18H21ClN4O3/c19-15-3-1-2-14(12-15)13-21-8-10-22(11-9-21)17(24)5-7-23-16(18(25)26)4-6-20-23/h1-4,6,12H,5,7-11,13H2,(H,25,26). The highest BCUT2D eigenvalue weighted by molar-refractivity contribution is 6.30. The number of carbonyl (C=O) groups is 2. The first-order valence-electron chi connectivity index (χ1n) is 8.52. The van der Waals surface area contributed by atoms with E-state index in [0.29, 0.717) is 13.1 Å². The molecule has 1 N–H and O–H groups in total. The SMILES string of the molecule is O=C(O)c1ccnn1CCC(=O)N1CCN(Cc2cccc(Cl)c2)CC1. The lowest BCUT2D eigenvalue weighted by atomic mass is 10.2. The molecule has 2 heterocycles. The van der Waals surface area contributed by atoms with Gasteiger partial charge in [0.1, 0.15) is 5.69 Å². The lowest BCUT2D eigenvalue weighted by Gasteiger charge is -2.34. The summed E-state index contributed by atoms with van der Waals surface area (Å²) in [6.07, 6.45) is 1.68. The monoisotopic (exact) mass is 376 g/mol. The number of carbonyl (C=O) groups excluding carboxylic acids is 1. The zero-order valence-electron chi connectivity index (χ0n) is 14.3. The third-order valence-electron chi connectivity index (χ3n) is 4.49. The van der Waals surface area contributed by atoms with Gasteiger partial charge in [-0.25, -0.2) is 4.79 Å². The Kier molecular flexibility index (Phi) is 5.90. The van der Waals surface area contributed by atoms with Crippen LogP contribution in [0.3, 0.4) is 0 Å². The molecule has 0 radical (unpaired) electrons. The van der Waals surface area contributed by atoms with Crippen molar-refractivity contribution < 1.29 is 14.7 Å². The molecule has 1 saturated heterocycles. The molecular weight excluding hydrogens is 356 g/mol. The molecule has 1 fully saturated rings. The maximum absolute atomic E-state index is 12.4. The average Bonchev–Trinajstić information content (AvgIpc) is 3.09. The molecule has 138 valence electrons. The fourth-order valence-corrected chi connectivity index (χ4v) is 3.31. The minimum atomic E-state index is -1.04. The molecule has 3 rings (SSSR count). The van der Waals surface area contributed by atoms with Crippen LogP contribution in [0.2, 0.25) is 5.02 Å². The molecule has 2 aromatic rings. The maximum atomic E-state index is 12.4. The van der Waals surface area contributed by atoms with E-state index in [2.05, 4.69) is 10.00 Å². The van der Waals surface area contributed by atoms with Crippen LogP contribution in [-0.2, 0) is 17.9 Å². The molecule has 0 atom stereocenters. The smallest absolute Gasteiger partial charge is 0.354 e. The van der Waals surface area contributed by atoms with E-state index in [9.17, 15) is 9.59 Å². The summed E-state index contributed by atoms with van der Waals surface area (Å²) >= 11 is 6.02. The molecule has 0 spiro atoms. The van der Waals surface area contributed by atoms with Gasteiger partial charge >= 0.3 is 5.97 Å². The number of amides is 1. The van der Waals surface area contributed by atoms with Crippen LogP contribution in [-0.4, -0.2) is 62.7 Å². The number of nitrogens with zero attached hydrogens (tertiary/aromatic N) is 4. The van der Waals surface area contributed by atoms with Crippen LogP contribution >= 0.6 is 11.6 Å². The zero-order chi connectivity index (χ0) is 18.5. The Morgan fingerprint density at radius 3 is 2.62 bits per heavy atom. The van der Waals surface area contributed by atoms with Crippen LogP contribution < -0.4 is 0 Å². The first-order valence-corrected chi connectivity index (χ1v) is 8.90. The Morgan fingerprint density at radius 1 is 1.15 bits per heavy atom. The molecule has 1 aliphatic heterocycles. The van der Waals surface area contributed by atoms with E-state index in [1.807, 2.05) is 29.2 Å². The van der Waals surface area contributed by atoms with E-state index in [1.54, 1.807) is 0 Å². The average molecular weight is 377 g/mol. The quantitative estimate of drug-likeness (QED) is 0.833. The van der Waals surface area contributed by atoms with Gasteiger partial charge in [-0.1, -0.05) is 23.7 Å². The molecule has 8 heteroatoms. The van der Waals surface area contributed by atoms with E-state index >= 15 is 0 Å². The molecule has 0 saturated carbocycles. The third kappa shape index (κ3) is 4.62. The molecule has 0 bridgehead atoms.